The Bertz CT molecular complexity index is 58.6. The minimum atomic E-state index is 0. The maximum absolute atomic E-state index is 4.37. The van der Waals surface area contributed by atoms with Crippen LogP contribution in [-0.2, 0) is 34.1 Å². The van der Waals surface area contributed by atoms with Crippen LogP contribution in [0.3, 0.4) is 0 Å². The van der Waals surface area contributed by atoms with Crippen molar-refractivity contribution >= 4 is 87.6 Å². The molecule has 0 fully saturated rings. The van der Waals surface area contributed by atoms with E-state index in [-0.39, 0.29) is 37.7 Å². The summed E-state index contributed by atoms with van der Waals surface area (Å²) in [5, 5.41) is 0. The maximum atomic E-state index is 4.37. The Morgan fingerprint density at radius 1 is 1.67 bits per heavy atom. The smallest absolute Gasteiger partial charge is 0.524 e. The van der Waals surface area contributed by atoms with Gasteiger partial charge in [-0.25, -0.2) is 0 Å². The third kappa shape index (κ3) is 9.46. The Balaban J connectivity index is 0. The summed E-state index contributed by atoms with van der Waals surface area (Å²) in [6.45, 7) is 0. The number of hydrogen-bond donors (Lipinski definition) is 0. The summed E-state index contributed by atoms with van der Waals surface area (Å²) < 4.78 is 0.403. The predicted molar refractivity (Wildman–Crippen MR) is 40.4 cm³/mol. The third-order valence-corrected chi connectivity index (χ3v) is 1.84. The molecule has 0 unspecified atom stereocenters. The van der Waals surface area contributed by atoms with E-state index in [2.05, 4.69) is 36.0 Å². The van der Waals surface area contributed by atoms with Gasteiger partial charge in [0.05, 0.1) is 0 Å². The van der Waals surface area contributed by atoms with E-state index in [1.54, 1.807) is 0 Å². The normalized spacial score (nSPS) is 6.00. The molecule has 0 bridgehead atoms. The van der Waals surface area contributed by atoms with Crippen LogP contribution in [0.4, 0.5) is 0 Å². The molecule has 0 saturated carbocycles. The van der Waals surface area contributed by atoms with Crippen LogP contribution >= 0.6 is 12.2 Å². The first-order chi connectivity index (χ1) is 2.27. The Morgan fingerprint density at radius 3 is 1.83 bits per heavy atom. The minimum absolute atomic E-state index is 0. The summed E-state index contributed by atoms with van der Waals surface area (Å²) in [7, 11) is 1.01. The van der Waals surface area contributed by atoms with Gasteiger partial charge in [0.25, 0.3) is 0 Å². The summed E-state index contributed by atoms with van der Waals surface area (Å²) in [4.78, 5) is 0. The molecule has 0 nitrogen and oxygen atoms in total. The SMILES string of the molecule is S=[S-]C(=S)[S-].[Ca+2]. The van der Waals surface area contributed by atoms with Gasteiger partial charge in [-0.2, -0.15) is 0 Å². The molecule has 6 heavy (non-hydrogen) atoms. The van der Waals surface area contributed by atoms with E-state index in [0.717, 1.165) is 10.3 Å². The van der Waals surface area contributed by atoms with E-state index in [1.807, 2.05) is 0 Å². The van der Waals surface area contributed by atoms with Crippen molar-refractivity contribution in [3.05, 3.63) is 0 Å². The Kier molecular flexibility index (Phi) is 13.1. The van der Waals surface area contributed by atoms with Gasteiger partial charge in [0.15, 0.2) is 0 Å². The topological polar surface area (TPSA) is 0 Å². The first-order valence-electron chi connectivity index (χ1n) is 0.779. The van der Waals surface area contributed by atoms with Crippen molar-refractivity contribution in [1.82, 2.24) is 0 Å². The van der Waals surface area contributed by atoms with E-state index in [0.29, 0.717) is 3.53 Å². The van der Waals surface area contributed by atoms with Gasteiger partial charge in [0, 0.05) is 0 Å². The van der Waals surface area contributed by atoms with Crippen LogP contribution in [0.1, 0.15) is 0 Å². The predicted octanol–water partition coefficient (Wildman–Crippen LogP) is -0.0181. The molecule has 0 heterocycles. The summed E-state index contributed by atoms with van der Waals surface area (Å²) in [6, 6.07) is 0. The van der Waals surface area contributed by atoms with Crippen molar-refractivity contribution in [1.29, 1.82) is 0 Å². The zero-order chi connectivity index (χ0) is 4.28. The van der Waals surface area contributed by atoms with Gasteiger partial charge in [0.1, 0.15) is 0 Å². The van der Waals surface area contributed by atoms with E-state index >= 15 is 0 Å². The average Bonchev–Trinajstić information content (AvgIpc) is 1.38. The Hall–Kier alpha value is 2.14. The van der Waals surface area contributed by atoms with E-state index in [1.165, 1.54) is 0 Å². The second-order valence-corrected chi connectivity index (χ2v) is 3.00. The molecule has 5 heteroatoms. The number of thiocarbonyl (C=S) groups is 1. The zero-order valence-electron chi connectivity index (χ0n) is 2.84. The fraction of sp³-hybridized carbons (Fsp3) is 0. The number of rotatable bonds is 0. The van der Waals surface area contributed by atoms with Crippen molar-refractivity contribution in [2.75, 3.05) is 0 Å². The fourth-order valence-electron chi connectivity index (χ4n) is 0. The van der Waals surface area contributed by atoms with E-state index < -0.39 is 0 Å². The molecule has 0 aromatic rings. The molecular weight excluding hydrogens is 180 g/mol. The molecular formula is CCaS4. The molecule has 0 aromatic heterocycles. The monoisotopic (exact) mass is 180 g/mol. The summed E-state index contributed by atoms with van der Waals surface area (Å²) >= 11 is 13.1. The van der Waals surface area contributed by atoms with Gasteiger partial charge >= 0.3 is 37.7 Å². The van der Waals surface area contributed by atoms with Crippen molar-refractivity contribution < 1.29 is 0 Å². The van der Waals surface area contributed by atoms with Gasteiger partial charge in [-0.1, -0.05) is 0 Å². The van der Waals surface area contributed by atoms with Crippen LogP contribution in [0.15, 0.2) is 0 Å². The summed E-state index contributed by atoms with van der Waals surface area (Å²) in [6.07, 6.45) is 0. The second-order valence-electron chi connectivity index (χ2n) is 0.333. The minimum Gasteiger partial charge on any atom is -0.524 e. The zero-order valence-corrected chi connectivity index (χ0v) is 8.31. The van der Waals surface area contributed by atoms with Crippen LogP contribution < -0.4 is 0 Å². The molecule has 0 aliphatic heterocycles. The van der Waals surface area contributed by atoms with Crippen molar-refractivity contribution in [2.24, 2.45) is 0 Å². The Morgan fingerprint density at radius 2 is 1.83 bits per heavy atom. The van der Waals surface area contributed by atoms with Gasteiger partial charge in [-0.3, -0.25) is 14.7 Å². The first-order valence-corrected chi connectivity index (χ1v) is 3.34. The first kappa shape index (κ1) is 11.0. The molecule has 0 radical (unpaired) electrons. The molecule has 0 rings (SSSR count). The molecule has 0 amide bonds. The van der Waals surface area contributed by atoms with Crippen molar-refractivity contribution in [3.63, 3.8) is 0 Å². The Labute approximate surface area is 86.1 Å². The van der Waals surface area contributed by atoms with Crippen LogP contribution in [0.2, 0.25) is 0 Å². The van der Waals surface area contributed by atoms with Crippen LogP contribution in [0.25, 0.3) is 0 Å². The molecule has 0 atom stereocenters. The maximum Gasteiger partial charge on any atom is 2.00 e. The van der Waals surface area contributed by atoms with Crippen LogP contribution in [0, 0.1) is 0 Å². The summed E-state index contributed by atoms with van der Waals surface area (Å²) in [5.41, 5.74) is 0. The standard InChI is InChI=1S/CHS4.Ca/c2-1(3)5-4;/h(H,2,3);/q-1;+2/p-1. The van der Waals surface area contributed by atoms with Crippen LogP contribution in [-0.4, -0.2) is 41.3 Å². The van der Waals surface area contributed by atoms with Crippen LogP contribution in [0.5, 0.6) is 0 Å². The third-order valence-electron chi connectivity index (χ3n) is 0.0680. The quantitative estimate of drug-likeness (QED) is 0.292. The molecule has 0 spiro atoms. The molecule has 0 aliphatic rings. The van der Waals surface area contributed by atoms with Gasteiger partial charge in [0.2, 0.25) is 0 Å². The summed E-state index contributed by atoms with van der Waals surface area (Å²) in [5.74, 6) is 0. The van der Waals surface area contributed by atoms with Gasteiger partial charge in [-0.05, 0) is 0 Å². The van der Waals surface area contributed by atoms with Crippen molar-refractivity contribution in [2.45, 2.75) is 0 Å². The molecule has 0 N–H and O–H groups in total. The van der Waals surface area contributed by atoms with Gasteiger partial charge in [-0.15, -0.1) is 0 Å². The molecule has 0 aliphatic carbocycles. The van der Waals surface area contributed by atoms with E-state index in [9.17, 15) is 0 Å². The largest absolute Gasteiger partial charge is 2.00 e. The van der Waals surface area contributed by atoms with E-state index in [4.69, 9.17) is 0 Å². The molecule has 30 valence electrons. The molecule has 0 saturated heterocycles. The van der Waals surface area contributed by atoms with Crippen molar-refractivity contribution in [3.8, 4) is 0 Å². The number of hydrogen-bond acceptors (Lipinski definition) is 4. The second kappa shape index (κ2) is 7.14. The molecule has 0 aromatic carbocycles. The van der Waals surface area contributed by atoms with Gasteiger partial charge < -0.3 is 35.2 Å². The fourth-order valence-corrected chi connectivity index (χ4v) is 0. The average molecular weight is 180 g/mol.